The molecule has 2 fully saturated rings. The molecule has 3 aromatic rings. The molecule has 4 amide bonds. The van der Waals surface area contributed by atoms with E-state index in [1.54, 1.807) is 24.4 Å². The molecule has 2 saturated heterocycles. The van der Waals surface area contributed by atoms with E-state index in [1.165, 1.54) is 4.90 Å². The lowest BCUT2D eigenvalue weighted by molar-refractivity contribution is -0.129. The molecule has 1 unspecified atom stereocenters. The van der Waals surface area contributed by atoms with Crippen molar-refractivity contribution < 1.29 is 23.9 Å². The molecule has 0 spiro atoms. The van der Waals surface area contributed by atoms with Crippen LogP contribution in [-0.4, -0.2) is 58.6 Å². The van der Waals surface area contributed by atoms with Crippen LogP contribution in [0.4, 0.5) is 15.3 Å². The highest BCUT2D eigenvalue weighted by Gasteiger charge is 2.35. The fourth-order valence-electron chi connectivity index (χ4n) is 5.40. The third-order valence-electron chi connectivity index (χ3n) is 7.38. The summed E-state index contributed by atoms with van der Waals surface area (Å²) in [6, 6.07) is 12.9. The van der Waals surface area contributed by atoms with Crippen molar-refractivity contribution in [1.82, 2.24) is 14.8 Å². The number of carbonyl (C=O) groups excluding carboxylic acids is 3. The zero-order valence-corrected chi connectivity index (χ0v) is 23.6. The molecular weight excluding hydrogens is 508 g/mol. The van der Waals surface area contributed by atoms with Crippen LogP contribution in [0.3, 0.4) is 0 Å². The lowest BCUT2D eigenvalue weighted by Gasteiger charge is -2.37. The molecule has 3 heterocycles. The van der Waals surface area contributed by atoms with Crippen LogP contribution in [0, 0.1) is 0 Å². The highest BCUT2D eigenvalue weighted by Crippen LogP contribution is 2.36. The van der Waals surface area contributed by atoms with Crippen LogP contribution in [-0.2, 0) is 16.1 Å². The first-order valence-electron chi connectivity index (χ1n) is 13.8. The molecule has 0 N–H and O–H groups in total. The van der Waals surface area contributed by atoms with E-state index < -0.39 is 5.60 Å². The average molecular weight is 545 g/mol. The van der Waals surface area contributed by atoms with E-state index in [4.69, 9.17) is 9.47 Å². The number of piperidine rings is 1. The minimum Gasteiger partial charge on any atom is -0.497 e. The quantitative estimate of drug-likeness (QED) is 0.387. The molecule has 0 aliphatic carbocycles. The summed E-state index contributed by atoms with van der Waals surface area (Å²) in [7, 11) is 1.60. The number of anilines is 1. The van der Waals surface area contributed by atoms with Crippen LogP contribution in [0.25, 0.3) is 10.8 Å². The summed E-state index contributed by atoms with van der Waals surface area (Å²) >= 11 is 0. The zero-order valence-electron chi connectivity index (χ0n) is 23.6. The second-order valence-corrected chi connectivity index (χ2v) is 11.3. The van der Waals surface area contributed by atoms with Gasteiger partial charge in [0.05, 0.1) is 31.6 Å². The molecule has 9 nitrogen and oxygen atoms in total. The SMILES string of the molecule is COc1ccc(CN2C(=O)CCN(c3cncc4cc(C5CCCCN5C(=O)OC(C)(C)C)ccc34)C2=O)cc1. The van der Waals surface area contributed by atoms with Crippen LogP contribution < -0.4 is 9.64 Å². The first-order chi connectivity index (χ1) is 19.1. The van der Waals surface area contributed by atoms with E-state index in [0.29, 0.717) is 18.0 Å². The van der Waals surface area contributed by atoms with E-state index in [2.05, 4.69) is 4.98 Å². The number of likely N-dealkylation sites (tertiary alicyclic amines) is 1. The Morgan fingerprint density at radius 3 is 2.52 bits per heavy atom. The number of imide groups is 1. The van der Waals surface area contributed by atoms with Crippen LogP contribution in [0.5, 0.6) is 5.75 Å². The lowest BCUT2D eigenvalue weighted by atomic mass is 9.94. The molecule has 210 valence electrons. The molecule has 2 aromatic carbocycles. The maximum absolute atomic E-state index is 13.6. The van der Waals surface area contributed by atoms with Gasteiger partial charge in [-0.25, -0.2) is 9.59 Å². The third-order valence-corrected chi connectivity index (χ3v) is 7.38. The number of ether oxygens (including phenoxy) is 2. The first kappa shape index (κ1) is 27.4. The minimum absolute atomic E-state index is 0.0918. The normalized spacial score (nSPS) is 18.3. The second kappa shape index (κ2) is 11.2. The van der Waals surface area contributed by atoms with E-state index in [1.807, 2.05) is 68.1 Å². The molecule has 1 aromatic heterocycles. The molecule has 2 aliphatic rings. The van der Waals surface area contributed by atoms with E-state index in [0.717, 1.165) is 41.2 Å². The van der Waals surface area contributed by atoms with Gasteiger partial charge in [-0.3, -0.25) is 19.6 Å². The summed E-state index contributed by atoms with van der Waals surface area (Å²) in [4.78, 5) is 48.5. The molecule has 2 aliphatic heterocycles. The van der Waals surface area contributed by atoms with Gasteiger partial charge in [0.15, 0.2) is 0 Å². The predicted octanol–water partition coefficient (Wildman–Crippen LogP) is 6.06. The number of hydrogen-bond donors (Lipinski definition) is 0. The fourth-order valence-corrected chi connectivity index (χ4v) is 5.40. The molecule has 0 saturated carbocycles. The van der Waals surface area contributed by atoms with Crippen LogP contribution in [0.1, 0.15) is 63.6 Å². The van der Waals surface area contributed by atoms with Crippen molar-refractivity contribution in [2.45, 2.75) is 64.6 Å². The van der Waals surface area contributed by atoms with Crippen molar-refractivity contribution >= 4 is 34.5 Å². The van der Waals surface area contributed by atoms with E-state index in [9.17, 15) is 14.4 Å². The van der Waals surface area contributed by atoms with Crippen molar-refractivity contribution in [3.8, 4) is 5.75 Å². The highest BCUT2D eigenvalue weighted by atomic mass is 16.6. The Balaban J connectivity index is 1.41. The molecule has 40 heavy (non-hydrogen) atoms. The Kier molecular flexibility index (Phi) is 7.65. The monoisotopic (exact) mass is 544 g/mol. The van der Waals surface area contributed by atoms with Crippen LogP contribution >= 0.6 is 0 Å². The number of aromatic nitrogens is 1. The second-order valence-electron chi connectivity index (χ2n) is 11.3. The lowest BCUT2D eigenvalue weighted by Crippen LogP contribution is -2.52. The number of benzene rings is 2. The maximum Gasteiger partial charge on any atom is 0.410 e. The van der Waals surface area contributed by atoms with Crippen LogP contribution in [0.2, 0.25) is 0 Å². The zero-order chi connectivity index (χ0) is 28.4. The first-order valence-corrected chi connectivity index (χ1v) is 13.8. The maximum atomic E-state index is 13.6. The Labute approximate surface area is 234 Å². The molecular formula is C31H36N4O5. The predicted molar refractivity (Wildman–Crippen MR) is 152 cm³/mol. The minimum atomic E-state index is -0.565. The van der Waals surface area contributed by atoms with Crippen molar-refractivity contribution in [3.05, 3.63) is 66.0 Å². The van der Waals surface area contributed by atoms with Gasteiger partial charge in [0, 0.05) is 36.5 Å². The van der Waals surface area contributed by atoms with Crippen molar-refractivity contribution in [1.29, 1.82) is 0 Å². The topological polar surface area (TPSA) is 92.3 Å². The number of amides is 4. The van der Waals surface area contributed by atoms with Gasteiger partial charge in [-0.05, 0) is 69.4 Å². The number of pyridine rings is 1. The standard InChI is InChI=1S/C31H36N4O5/c1-31(2,3)40-30(38)34-15-6-5-7-26(34)22-10-13-25-23(17-22)18-32-19-27(25)33-16-14-28(36)35(29(33)37)20-21-8-11-24(39-4)12-9-21/h8-13,17-19,26H,5-7,14-16,20H2,1-4H3. The Morgan fingerprint density at radius 1 is 1.02 bits per heavy atom. The number of rotatable bonds is 5. The number of fused-ring (bicyclic) bond motifs is 1. The van der Waals surface area contributed by atoms with Crippen molar-refractivity contribution in [2.75, 3.05) is 25.1 Å². The van der Waals surface area contributed by atoms with Gasteiger partial charge in [-0.1, -0.05) is 24.3 Å². The highest BCUT2D eigenvalue weighted by molar-refractivity contribution is 6.09. The number of nitrogens with zero attached hydrogens (tertiary/aromatic N) is 4. The molecule has 9 heteroatoms. The molecule has 0 bridgehead atoms. The Morgan fingerprint density at radius 2 is 1.80 bits per heavy atom. The summed E-state index contributed by atoms with van der Waals surface area (Å²) in [6.45, 7) is 6.75. The van der Waals surface area contributed by atoms with Gasteiger partial charge in [-0.2, -0.15) is 0 Å². The summed E-state index contributed by atoms with van der Waals surface area (Å²) in [6.07, 6.45) is 6.20. The Hall–Kier alpha value is -4.14. The average Bonchev–Trinajstić information content (AvgIpc) is 2.94. The van der Waals surface area contributed by atoms with Gasteiger partial charge in [0.2, 0.25) is 5.91 Å². The van der Waals surface area contributed by atoms with Gasteiger partial charge in [-0.15, -0.1) is 0 Å². The van der Waals surface area contributed by atoms with E-state index in [-0.39, 0.29) is 43.6 Å². The van der Waals surface area contributed by atoms with E-state index >= 15 is 0 Å². The number of urea groups is 1. The van der Waals surface area contributed by atoms with Crippen molar-refractivity contribution in [3.63, 3.8) is 0 Å². The smallest absolute Gasteiger partial charge is 0.410 e. The van der Waals surface area contributed by atoms with Gasteiger partial charge in [0.25, 0.3) is 0 Å². The molecule has 5 rings (SSSR count). The summed E-state index contributed by atoms with van der Waals surface area (Å²) < 4.78 is 10.9. The van der Waals surface area contributed by atoms with Gasteiger partial charge >= 0.3 is 12.1 Å². The Bertz CT molecular complexity index is 1420. The summed E-state index contributed by atoms with van der Waals surface area (Å²) in [5, 5.41) is 1.74. The summed E-state index contributed by atoms with van der Waals surface area (Å²) in [5.41, 5.74) is 1.95. The largest absolute Gasteiger partial charge is 0.497 e. The molecule has 1 atom stereocenters. The van der Waals surface area contributed by atoms with Crippen molar-refractivity contribution in [2.24, 2.45) is 0 Å². The third kappa shape index (κ3) is 5.73. The fraction of sp³-hybridized carbons (Fsp3) is 0.419. The van der Waals surface area contributed by atoms with Crippen LogP contribution in [0.15, 0.2) is 54.9 Å². The molecule has 0 radical (unpaired) electrons. The number of methoxy groups -OCH3 is 1. The van der Waals surface area contributed by atoms with Gasteiger partial charge in [0.1, 0.15) is 11.4 Å². The summed E-state index contributed by atoms with van der Waals surface area (Å²) in [5.74, 6) is 0.511. The number of hydrogen-bond acceptors (Lipinski definition) is 6. The number of carbonyl (C=O) groups is 3. The van der Waals surface area contributed by atoms with Gasteiger partial charge < -0.3 is 14.4 Å².